The largest absolute Gasteiger partial charge is 0.321 e. The molecule has 0 radical (unpaired) electrons. The Morgan fingerprint density at radius 2 is 2.35 bits per heavy atom. The molecular weight excluding hydrogens is 238 g/mol. The van der Waals surface area contributed by atoms with Crippen LogP contribution >= 0.6 is 11.6 Å². The molecule has 1 atom stereocenters. The molecule has 0 saturated carbocycles. The van der Waals surface area contributed by atoms with Gasteiger partial charge in [-0.2, -0.15) is 5.10 Å². The summed E-state index contributed by atoms with van der Waals surface area (Å²) >= 11 is 6.12. The Balaban J connectivity index is 2.87. The van der Waals surface area contributed by atoms with E-state index in [2.05, 4.69) is 11.7 Å². The maximum Gasteiger partial charge on any atom is 0.155 e. The molecule has 1 aromatic heterocycles. The zero-order valence-electron chi connectivity index (χ0n) is 10.2. The lowest BCUT2D eigenvalue weighted by Gasteiger charge is -2.09. The first-order chi connectivity index (χ1) is 8.01. The van der Waals surface area contributed by atoms with Crippen LogP contribution in [0.5, 0.6) is 0 Å². The molecule has 1 aromatic rings. The van der Waals surface area contributed by atoms with Gasteiger partial charge < -0.3 is 5.73 Å². The highest BCUT2D eigenvalue weighted by Crippen LogP contribution is 2.21. The molecule has 1 unspecified atom stereocenters. The molecule has 94 valence electrons. The van der Waals surface area contributed by atoms with Crippen LogP contribution < -0.4 is 5.73 Å². The quantitative estimate of drug-likeness (QED) is 0.790. The Kier molecular flexibility index (Phi) is 4.90. The SMILES string of the molecule is C=CCC(N)C(=O)Cc1c(Cl)c(C)nn1CC. The van der Waals surface area contributed by atoms with Crippen molar-refractivity contribution >= 4 is 17.4 Å². The van der Waals surface area contributed by atoms with Gasteiger partial charge in [0, 0.05) is 6.54 Å². The van der Waals surface area contributed by atoms with Crippen LogP contribution in [0.15, 0.2) is 12.7 Å². The number of hydrogen-bond acceptors (Lipinski definition) is 3. The normalized spacial score (nSPS) is 12.5. The highest BCUT2D eigenvalue weighted by atomic mass is 35.5. The van der Waals surface area contributed by atoms with E-state index in [1.165, 1.54) is 0 Å². The molecule has 0 saturated heterocycles. The fraction of sp³-hybridized carbons (Fsp3) is 0.500. The summed E-state index contributed by atoms with van der Waals surface area (Å²) in [6.45, 7) is 8.04. The molecule has 5 heteroatoms. The zero-order valence-corrected chi connectivity index (χ0v) is 11.0. The number of Topliss-reactive ketones (excluding diaryl/α,β-unsaturated/α-hetero) is 1. The number of aromatic nitrogens is 2. The predicted molar refractivity (Wildman–Crippen MR) is 69.1 cm³/mol. The molecule has 0 aliphatic carbocycles. The molecule has 0 bridgehead atoms. The Morgan fingerprint density at radius 3 is 2.88 bits per heavy atom. The van der Waals surface area contributed by atoms with E-state index in [-0.39, 0.29) is 12.2 Å². The topological polar surface area (TPSA) is 60.9 Å². The molecule has 0 aromatic carbocycles. The fourth-order valence-electron chi connectivity index (χ4n) is 1.65. The molecule has 2 N–H and O–H groups in total. The van der Waals surface area contributed by atoms with Gasteiger partial charge in [0.1, 0.15) is 0 Å². The van der Waals surface area contributed by atoms with Gasteiger partial charge in [-0.1, -0.05) is 17.7 Å². The molecule has 0 amide bonds. The summed E-state index contributed by atoms with van der Waals surface area (Å²) in [6, 6.07) is -0.510. The minimum absolute atomic E-state index is 0.0404. The first-order valence-corrected chi connectivity index (χ1v) is 6.00. The lowest BCUT2D eigenvalue weighted by Crippen LogP contribution is -2.31. The molecule has 1 rings (SSSR count). The third kappa shape index (κ3) is 3.17. The van der Waals surface area contributed by atoms with E-state index in [1.54, 1.807) is 10.8 Å². The van der Waals surface area contributed by atoms with Crippen molar-refractivity contribution in [3.63, 3.8) is 0 Å². The minimum Gasteiger partial charge on any atom is -0.321 e. The van der Waals surface area contributed by atoms with Crippen molar-refractivity contribution in [3.05, 3.63) is 29.1 Å². The van der Waals surface area contributed by atoms with Crippen LogP contribution in [0.4, 0.5) is 0 Å². The average molecular weight is 256 g/mol. The van der Waals surface area contributed by atoms with Gasteiger partial charge in [-0.3, -0.25) is 9.48 Å². The fourth-order valence-corrected chi connectivity index (χ4v) is 1.85. The minimum atomic E-state index is -0.510. The van der Waals surface area contributed by atoms with Gasteiger partial charge >= 0.3 is 0 Å². The second-order valence-electron chi connectivity index (χ2n) is 3.94. The van der Waals surface area contributed by atoms with Crippen molar-refractivity contribution in [2.45, 2.75) is 39.3 Å². The van der Waals surface area contributed by atoms with Gasteiger partial charge in [0.2, 0.25) is 0 Å². The lowest BCUT2D eigenvalue weighted by molar-refractivity contribution is -0.119. The van der Waals surface area contributed by atoms with Gasteiger partial charge in [0.05, 0.1) is 28.9 Å². The summed E-state index contributed by atoms with van der Waals surface area (Å²) in [7, 11) is 0. The van der Waals surface area contributed by atoms with Gasteiger partial charge in [-0.15, -0.1) is 6.58 Å². The second kappa shape index (κ2) is 5.98. The summed E-state index contributed by atoms with van der Waals surface area (Å²) in [4.78, 5) is 11.9. The number of ketones is 1. The summed E-state index contributed by atoms with van der Waals surface area (Å²) in [6.07, 6.45) is 2.35. The smallest absolute Gasteiger partial charge is 0.155 e. The maximum atomic E-state index is 11.9. The summed E-state index contributed by atoms with van der Waals surface area (Å²) < 4.78 is 1.75. The van der Waals surface area contributed by atoms with Gasteiger partial charge in [0.25, 0.3) is 0 Å². The third-order valence-electron chi connectivity index (χ3n) is 2.63. The number of nitrogens with zero attached hydrogens (tertiary/aromatic N) is 2. The van der Waals surface area contributed by atoms with Crippen molar-refractivity contribution in [1.29, 1.82) is 0 Å². The molecule has 1 heterocycles. The first-order valence-electron chi connectivity index (χ1n) is 5.62. The number of rotatable bonds is 6. The average Bonchev–Trinajstić information content (AvgIpc) is 2.57. The van der Waals surface area contributed by atoms with Gasteiger partial charge in [-0.05, 0) is 20.3 Å². The number of hydrogen-bond donors (Lipinski definition) is 1. The molecule has 17 heavy (non-hydrogen) atoms. The number of carbonyl (C=O) groups excluding carboxylic acids is 1. The number of nitrogens with two attached hydrogens (primary N) is 1. The van der Waals surface area contributed by atoms with Crippen molar-refractivity contribution in [2.75, 3.05) is 0 Å². The zero-order chi connectivity index (χ0) is 13.0. The van der Waals surface area contributed by atoms with Crippen molar-refractivity contribution < 1.29 is 4.79 Å². The highest BCUT2D eigenvalue weighted by molar-refractivity contribution is 6.32. The van der Waals surface area contributed by atoms with Crippen LogP contribution in [0.25, 0.3) is 0 Å². The van der Waals surface area contributed by atoms with Gasteiger partial charge in [0.15, 0.2) is 5.78 Å². The van der Waals surface area contributed by atoms with E-state index in [1.807, 2.05) is 13.8 Å². The molecule has 0 aliphatic rings. The number of aryl methyl sites for hydroxylation is 2. The third-order valence-corrected chi connectivity index (χ3v) is 3.12. The monoisotopic (exact) mass is 255 g/mol. The Morgan fingerprint density at radius 1 is 1.71 bits per heavy atom. The molecule has 4 nitrogen and oxygen atoms in total. The highest BCUT2D eigenvalue weighted by Gasteiger charge is 2.19. The van der Waals surface area contributed by atoms with E-state index < -0.39 is 6.04 Å². The Bertz CT molecular complexity index is 426. The maximum absolute atomic E-state index is 11.9. The van der Waals surface area contributed by atoms with Crippen LogP contribution in [-0.4, -0.2) is 21.6 Å². The van der Waals surface area contributed by atoms with E-state index in [0.29, 0.717) is 18.0 Å². The van der Waals surface area contributed by atoms with Crippen LogP contribution in [0.3, 0.4) is 0 Å². The standard InChI is InChI=1S/C12H18ClN3O/c1-4-6-9(14)11(17)7-10-12(13)8(3)15-16(10)5-2/h4,9H,1,5-7,14H2,2-3H3. The van der Waals surface area contributed by atoms with Crippen LogP contribution in [0, 0.1) is 6.92 Å². The van der Waals surface area contributed by atoms with Gasteiger partial charge in [-0.25, -0.2) is 0 Å². The summed E-state index contributed by atoms with van der Waals surface area (Å²) in [5, 5.41) is 4.82. The number of carbonyl (C=O) groups is 1. The van der Waals surface area contributed by atoms with E-state index >= 15 is 0 Å². The van der Waals surface area contributed by atoms with Crippen molar-refractivity contribution in [2.24, 2.45) is 5.73 Å². The van der Waals surface area contributed by atoms with E-state index in [4.69, 9.17) is 17.3 Å². The molecular formula is C12H18ClN3O. The Hall–Kier alpha value is -1.13. The summed E-state index contributed by atoms with van der Waals surface area (Å²) in [5.74, 6) is -0.0404. The van der Waals surface area contributed by atoms with E-state index in [9.17, 15) is 4.79 Å². The van der Waals surface area contributed by atoms with Crippen LogP contribution in [-0.2, 0) is 17.8 Å². The van der Waals surface area contributed by atoms with Crippen LogP contribution in [0.2, 0.25) is 5.02 Å². The Labute approximate surface area is 106 Å². The molecule has 0 spiro atoms. The molecule has 0 fully saturated rings. The lowest BCUT2D eigenvalue weighted by atomic mass is 10.1. The van der Waals surface area contributed by atoms with Crippen molar-refractivity contribution in [1.82, 2.24) is 9.78 Å². The summed E-state index contributed by atoms with van der Waals surface area (Å²) in [5.41, 5.74) is 7.22. The van der Waals surface area contributed by atoms with Crippen LogP contribution in [0.1, 0.15) is 24.7 Å². The van der Waals surface area contributed by atoms with E-state index in [0.717, 1.165) is 11.4 Å². The second-order valence-corrected chi connectivity index (χ2v) is 4.31. The predicted octanol–water partition coefficient (Wildman–Crippen LogP) is 1.88. The molecule has 0 aliphatic heterocycles. The number of halogens is 1. The van der Waals surface area contributed by atoms with Crippen molar-refractivity contribution in [3.8, 4) is 0 Å². The first kappa shape index (κ1) is 13.9.